The zero-order valence-corrected chi connectivity index (χ0v) is 15.7. The number of aromatic nitrogens is 3. The number of aryl methyl sites for hydroxylation is 1. The lowest BCUT2D eigenvalue weighted by molar-refractivity contribution is 0.0525. The molecule has 0 unspecified atom stereocenters. The van der Waals surface area contributed by atoms with Crippen LogP contribution in [0.1, 0.15) is 42.4 Å². The molecule has 1 aromatic carbocycles. The Balaban J connectivity index is 0.00000109. The Morgan fingerprint density at radius 1 is 1.28 bits per heavy atom. The molecule has 0 saturated carbocycles. The van der Waals surface area contributed by atoms with E-state index >= 15 is 0 Å². The molecule has 0 spiro atoms. The van der Waals surface area contributed by atoms with E-state index in [1.54, 1.807) is 30.9 Å². The van der Waals surface area contributed by atoms with Crippen LogP contribution in [0, 0.1) is 6.92 Å². The van der Waals surface area contributed by atoms with Crippen LogP contribution < -0.4 is 0 Å². The molecule has 5 nitrogen and oxygen atoms in total. The van der Waals surface area contributed by atoms with E-state index in [0.717, 1.165) is 16.5 Å². The molecule has 0 aliphatic heterocycles. The summed E-state index contributed by atoms with van der Waals surface area (Å²) in [4.78, 5) is 16.1. The summed E-state index contributed by atoms with van der Waals surface area (Å²) in [6.07, 6.45) is 3.35. The molecule has 0 aliphatic carbocycles. The fourth-order valence-electron chi connectivity index (χ4n) is 2.45. The third-order valence-electron chi connectivity index (χ3n) is 3.50. The van der Waals surface area contributed by atoms with Crippen molar-refractivity contribution in [3.05, 3.63) is 58.5 Å². The number of nitrogens with zero attached hydrogens (tertiary/aromatic N) is 3. The molecule has 0 aliphatic rings. The Labute approximate surface area is 152 Å². The van der Waals surface area contributed by atoms with Gasteiger partial charge in [-0.2, -0.15) is 5.10 Å². The predicted octanol–water partition coefficient (Wildman–Crippen LogP) is 4.64. The van der Waals surface area contributed by atoms with Gasteiger partial charge in [0.05, 0.1) is 29.4 Å². The number of hydrogen-bond donors (Lipinski definition) is 0. The molecule has 0 bridgehead atoms. The lowest BCUT2D eigenvalue weighted by atomic mass is 10.1. The molecular weight excluding hydrogens is 338 g/mol. The molecule has 25 heavy (non-hydrogen) atoms. The monoisotopic (exact) mass is 359 g/mol. The highest BCUT2D eigenvalue weighted by molar-refractivity contribution is 6.31. The number of carbonyl (C=O) groups is 1. The van der Waals surface area contributed by atoms with E-state index in [2.05, 4.69) is 10.1 Å². The summed E-state index contributed by atoms with van der Waals surface area (Å²) in [7, 11) is 0. The van der Waals surface area contributed by atoms with E-state index < -0.39 is 0 Å². The molecular formula is C19H22ClN3O2. The second-order valence-electron chi connectivity index (χ2n) is 5.23. The highest BCUT2D eigenvalue weighted by atomic mass is 35.5. The van der Waals surface area contributed by atoms with Crippen molar-refractivity contribution in [1.29, 1.82) is 0 Å². The van der Waals surface area contributed by atoms with E-state index in [4.69, 9.17) is 16.3 Å². The third kappa shape index (κ3) is 4.57. The second-order valence-corrected chi connectivity index (χ2v) is 5.66. The maximum Gasteiger partial charge on any atom is 0.341 e. The van der Waals surface area contributed by atoms with Crippen molar-refractivity contribution in [3.8, 4) is 0 Å². The third-order valence-corrected chi connectivity index (χ3v) is 3.71. The van der Waals surface area contributed by atoms with Gasteiger partial charge in [0.2, 0.25) is 0 Å². The Morgan fingerprint density at radius 2 is 2.04 bits per heavy atom. The smallest absolute Gasteiger partial charge is 0.341 e. The number of ether oxygens (including phenoxy) is 1. The minimum atomic E-state index is -0.342. The molecule has 0 atom stereocenters. The predicted molar refractivity (Wildman–Crippen MR) is 100 cm³/mol. The van der Waals surface area contributed by atoms with Gasteiger partial charge in [0, 0.05) is 17.8 Å². The van der Waals surface area contributed by atoms with Crippen molar-refractivity contribution in [3.63, 3.8) is 0 Å². The number of rotatable bonds is 4. The first-order valence-corrected chi connectivity index (χ1v) is 8.70. The number of halogens is 1. The fourth-order valence-corrected chi connectivity index (χ4v) is 2.61. The highest BCUT2D eigenvalue weighted by Gasteiger charge is 2.14. The Bertz CT molecular complexity index is 874. The molecule has 132 valence electrons. The van der Waals surface area contributed by atoms with Crippen LogP contribution in [0.4, 0.5) is 0 Å². The quantitative estimate of drug-likeness (QED) is 0.636. The molecule has 0 N–H and O–H groups in total. The number of pyridine rings is 1. The average Bonchev–Trinajstić information content (AvgIpc) is 2.97. The van der Waals surface area contributed by atoms with Crippen LogP contribution >= 0.6 is 11.6 Å². The molecule has 3 aromatic rings. The van der Waals surface area contributed by atoms with Crippen LogP contribution in [-0.4, -0.2) is 27.3 Å². The molecule has 2 aromatic heterocycles. The van der Waals surface area contributed by atoms with Gasteiger partial charge in [0.15, 0.2) is 0 Å². The van der Waals surface area contributed by atoms with Crippen molar-refractivity contribution in [2.24, 2.45) is 0 Å². The van der Waals surface area contributed by atoms with Crippen LogP contribution in [0.15, 0.2) is 36.7 Å². The Morgan fingerprint density at radius 3 is 2.76 bits per heavy atom. The first kappa shape index (κ1) is 18.9. The van der Waals surface area contributed by atoms with Crippen molar-refractivity contribution in [1.82, 2.24) is 14.8 Å². The number of esters is 1. The normalized spacial score (nSPS) is 10.3. The van der Waals surface area contributed by atoms with Gasteiger partial charge in [-0.1, -0.05) is 31.5 Å². The van der Waals surface area contributed by atoms with E-state index in [0.29, 0.717) is 29.4 Å². The lowest BCUT2D eigenvalue weighted by Gasteiger charge is -2.04. The van der Waals surface area contributed by atoms with E-state index in [1.165, 1.54) is 0 Å². The summed E-state index contributed by atoms with van der Waals surface area (Å²) in [5.41, 5.74) is 3.10. The fraction of sp³-hybridized carbons (Fsp3) is 0.316. The maximum absolute atomic E-state index is 11.8. The largest absolute Gasteiger partial charge is 0.462 e. The number of carbonyl (C=O) groups excluding carboxylic acids is 1. The zero-order chi connectivity index (χ0) is 18.4. The standard InChI is InChI=1S/C17H16ClN3O2.C2H6/c1-3-23-17(22)15-10-21(20-11(15)2)9-12-4-5-16-13(6-12)7-14(18)8-19-16;1-2/h4-8,10H,3,9H2,1-2H3;1-2H3. The SMILES string of the molecule is CC.CCOC(=O)c1cn(Cc2ccc3ncc(Cl)cc3c2)nc1C. The molecule has 0 radical (unpaired) electrons. The zero-order valence-electron chi connectivity index (χ0n) is 14.9. The molecule has 6 heteroatoms. The van der Waals surface area contributed by atoms with Gasteiger partial charge < -0.3 is 4.74 Å². The molecule has 3 rings (SSSR count). The van der Waals surface area contributed by atoms with Crippen molar-refractivity contribution >= 4 is 28.5 Å². The van der Waals surface area contributed by atoms with Gasteiger partial charge in [-0.05, 0) is 37.6 Å². The number of hydrogen-bond acceptors (Lipinski definition) is 4. The summed E-state index contributed by atoms with van der Waals surface area (Å²) < 4.78 is 6.76. The lowest BCUT2D eigenvalue weighted by Crippen LogP contribution is -2.05. The van der Waals surface area contributed by atoms with Gasteiger partial charge in [-0.15, -0.1) is 0 Å². The van der Waals surface area contributed by atoms with E-state index in [1.807, 2.05) is 38.1 Å². The van der Waals surface area contributed by atoms with E-state index in [9.17, 15) is 4.79 Å². The Hall–Kier alpha value is -2.40. The summed E-state index contributed by atoms with van der Waals surface area (Å²) in [6, 6.07) is 7.84. The van der Waals surface area contributed by atoms with Crippen molar-refractivity contribution in [2.75, 3.05) is 6.61 Å². The van der Waals surface area contributed by atoms with Gasteiger partial charge >= 0.3 is 5.97 Å². The van der Waals surface area contributed by atoms with Crippen LogP contribution in [0.5, 0.6) is 0 Å². The van der Waals surface area contributed by atoms with Gasteiger partial charge in [0.1, 0.15) is 5.56 Å². The average molecular weight is 360 g/mol. The van der Waals surface area contributed by atoms with Crippen molar-refractivity contribution < 1.29 is 9.53 Å². The van der Waals surface area contributed by atoms with Gasteiger partial charge in [0.25, 0.3) is 0 Å². The Kier molecular flexibility index (Phi) is 6.53. The minimum absolute atomic E-state index is 0.342. The second kappa shape index (κ2) is 8.62. The minimum Gasteiger partial charge on any atom is -0.462 e. The first-order valence-electron chi connectivity index (χ1n) is 8.32. The van der Waals surface area contributed by atoms with Crippen molar-refractivity contribution in [2.45, 2.75) is 34.2 Å². The van der Waals surface area contributed by atoms with Gasteiger partial charge in [-0.25, -0.2) is 4.79 Å². The van der Waals surface area contributed by atoms with Gasteiger partial charge in [-0.3, -0.25) is 9.67 Å². The molecule has 0 amide bonds. The number of fused-ring (bicyclic) bond motifs is 1. The van der Waals surface area contributed by atoms with Crippen LogP contribution in [0.25, 0.3) is 10.9 Å². The molecule has 0 fully saturated rings. The van der Waals surface area contributed by atoms with E-state index in [-0.39, 0.29) is 5.97 Å². The summed E-state index contributed by atoms with van der Waals surface area (Å²) in [5.74, 6) is -0.342. The molecule has 0 saturated heterocycles. The molecule has 2 heterocycles. The maximum atomic E-state index is 11.8. The topological polar surface area (TPSA) is 57.0 Å². The summed E-state index contributed by atoms with van der Waals surface area (Å²) in [5, 5.41) is 5.96. The van der Waals surface area contributed by atoms with Crippen LogP contribution in [0.3, 0.4) is 0 Å². The highest BCUT2D eigenvalue weighted by Crippen LogP contribution is 2.19. The van der Waals surface area contributed by atoms with Crippen LogP contribution in [-0.2, 0) is 11.3 Å². The number of benzene rings is 1. The van der Waals surface area contributed by atoms with Crippen LogP contribution in [0.2, 0.25) is 5.02 Å². The summed E-state index contributed by atoms with van der Waals surface area (Å²) in [6.45, 7) is 8.49. The summed E-state index contributed by atoms with van der Waals surface area (Å²) >= 11 is 5.99. The first-order chi connectivity index (χ1) is 12.1.